The van der Waals surface area contributed by atoms with Gasteiger partial charge in [0, 0.05) is 13.1 Å². The molecular formula is C11H16N2O. The molecule has 0 saturated heterocycles. The number of nitrogens with zero attached hydrogens (tertiary/aromatic N) is 1. The lowest BCUT2D eigenvalue weighted by molar-refractivity contribution is 0.308. The molecule has 3 heteroatoms. The van der Waals surface area contributed by atoms with Crippen molar-refractivity contribution in [3.8, 4) is 5.75 Å². The third-order valence-corrected chi connectivity index (χ3v) is 2.47. The molecule has 0 spiro atoms. The van der Waals surface area contributed by atoms with Gasteiger partial charge in [0.15, 0.2) is 0 Å². The van der Waals surface area contributed by atoms with Gasteiger partial charge in [0.1, 0.15) is 12.4 Å². The number of nitrogens with two attached hydrogens (primary N) is 1. The number of rotatable bonds is 2. The van der Waals surface area contributed by atoms with Crippen molar-refractivity contribution in [3.63, 3.8) is 0 Å². The summed E-state index contributed by atoms with van der Waals surface area (Å²) in [6.45, 7) is 5.38. The first-order valence-corrected chi connectivity index (χ1v) is 5.00. The van der Waals surface area contributed by atoms with Gasteiger partial charge >= 0.3 is 0 Å². The van der Waals surface area contributed by atoms with Crippen LogP contribution in [0.1, 0.15) is 5.56 Å². The number of anilines is 1. The highest BCUT2D eigenvalue weighted by Crippen LogP contribution is 2.31. The quantitative estimate of drug-likeness (QED) is 0.764. The fourth-order valence-corrected chi connectivity index (χ4v) is 1.77. The van der Waals surface area contributed by atoms with Crippen molar-refractivity contribution in [2.75, 3.05) is 31.1 Å². The Morgan fingerprint density at radius 3 is 3.14 bits per heavy atom. The second-order valence-corrected chi connectivity index (χ2v) is 3.60. The van der Waals surface area contributed by atoms with E-state index in [0.29, 0.717) is 6.54 Å². The van der Waals surface area contributed by atoms with Crippen LogP contribution < -0.4 is 15.4 Å². The molecule has 0 amide bonds. The molecule has 0 fully saturated rings. The van der Waals surface area contributed by atoms with Gasteiger partial charge < -0.3 is 15.4 Å². The Bertz CT molecular complexity index is 325. The molecule has 14 heavy (non-hydrogen) atoms. The number of ether oxygens (including phenoxy) is 1. The highest BCUT2D eigenvalue weighted by molar-refractivity contribution is 5.61. The molecule has 1 heterocycles. The SMILES string of the molecule is Cc1ccc2c(c1)N(CCN)CCO2. The summed E-state index contributed by atoms with van der Waals surface area (Å²) in [5.41, 5.74) is 8.01. The molecule has 1 aliphatic rings. The number of hydrogen-bond acceptors (Lipinski definition) is 3. The summed E-state index contributed by atoms with van der Waals surface area (Å²) in [6, 6.07) is 6.27. The predicted molar refractivity (Wildman–Crippen MR) is 57.9 cm³/mol. The first kappa shape index (κ1) is 9.34. The van der Waals surface area contributed by atoms with Gasteiger partial charge in [-0.1, -0.05) is 6.07 Å². The average Bonchev–Trinajstić information content (AvgIpc) is 2.19. The van der Waals surface area contributed by atoms with Gasteiger partial charge in [-0.2, -0.15) is 0 Å². The molecule has 2 rings (SSSR count). The largest absolute Gasteiger partial charge is 0.490 e. The first-order valence-electron chi connectivity index (χ1n) is 5.00. The van der Waals surface area contributed by atoms with Crippen LogP contribution in [0.25, 0.3) is 0 Å². The number of benzene rings is 1. The normalized spacial score (nSPS) is 14.9. The molecule has 0 bridgehead atoms. The minimum Gasteiger partial charge on any atom is -0.490 e. The monoisotopic (exact) mass is 192 g/mol. The molecule has 1 aromatic rings. The highest BCUT2D eigenvalue weighted by atomic mass is 16.5. The van der Waals surface area contributed by atoms with Crippen molar-refractivity contribution in [3.05, 3.63) is 23.8 Å². The molecule has 0 saturated carbocycles. The minimum atomic E-state index is 0.688. The van der Waals surface area contributed by atoms with E-state index in [1.165, 1.54) is 11.3 Å². The standard InChI is InChI=1S/C11H16N2O/c1-9-2-3-11-10(8-9)13(5-4-12)6-7-14-11/h2-3,8H,4-7,12H2,1H3. The van der Waals surface area contributed by atoms with Crippen molar-refractivity contribution >= 4 is 5.69 Å². The summed E-state index contributed by atoms with van der Waals surface area (Å²) in [5.74, 6) is 0.982. The number of fused-ring (bicyclic) bond motifs is 1. The van der Waals surface area contributed by atoms with E-state index in [1.807, 2.05) is 6.07 Å². The van der Waals surface area contributed by atoms with Crippen LogP contribution in [0.5, 0.6) is 5.75 Å². The van der Waals surface area contributed by atoms with Crippen LogP contribution in [0.3, 0.4) is 0 Å². The number of hydrogen-bond donors (Lipinski definition) is 1. The van der Waals surface area contributed by atoms with Gasteiger partial charge in [0.25, 0.3) is 0 Å². The maximum Gasteiger partial charge on any atom is 0.142 e. The van der Waals surface area contributed by atoms with E-state index in [-0.39, 0.29) is 0 Å². The predicted octanol–water partition coefficient (Wildman–Crippen LogP) is 1.15. The topological polar surface area (TPSA) is 38.5 Å². The fourth-order valence-electron chi connectivity index (χ4n) is 1.77. The van der Waals surface area contributed by atoms with E-state index >= 15 is 0 Å². The summed E-state index contributed by atoms with van der Waals surface area (Å²) < 4.78 is 5.57. The van der Waals surface area contributed by atoms with Gasteiger partial charge in [0.05, 0.1) is 12.2 Å². The molecule has 1 aliphatic heterocycles. The summed E-state index contributed by atoms with van der Waals surface area (Å²) >= 11 is 0. The summed E-state index contributed by atoms with van der Waals surface area (Å²) in [7, 11) is 0. The van der Waals surface area contributed by atoms with Gasteiger partial charge in [-0.25, -0.2) is 0 Å². The molecule has 0 atom stereocenters. The van der Waals surface area contributed by atoms with Crippen LogP contribution in [0.15, 0.2) is 18.2 Å². The molecule has 0 aromatic heterocycles. The minimum absolute atomic E-state index is 0.688. The third kappa shape index (κ3) is 1.68. The lowest BCUT2D eigenvalue weighted by Crippen LogP contribution is -2.36. The van der Waals surface area contributed by atoms with E-state index in [1.54, 1.807) is 0 Å². The first-order chi connectivity index (χ1) is 6.81. The van der Waals surface area contributed by atoms with E-state index < -0.39 is 0 Å². The molecule has 0 aliphatic carbocycles. The highest BCUT2D eigenvalue weighted by Gasteiger charge is 2.16. The van der Waals surface area contributed by atoms with Crippen molar-refractivity contribution in [1.82, 2.24) is 0 Å². The zero-order valence-corrected chi connectivity index (χ0v) is 8.49. The number of aryl methyl sites for hydroxylation is 1. The molecule has 3 nitrogen and oxygen atoms in total. The van der Waals surface area contributed by atoms with Crippen molar-refractivity contribution in [1.29, 1.82) is 0 Å². The van der Waals surface area contributed by atoms with Gasteiger partial charge in [-0.15, -0.1) is 0 Å². The lowest BCUT2D eigenvalue weighted by atomic mass is 10.1. The maximum atomic E-state index is 5.57. The smallest absolute Gasteiger partial charge is 0.142 e. The second-order valence-electron chi connectivity index (χ2n) is 3.60. The van der Waals surface area contributed by atoms with E-state index in [4.69, 9.17) is 10.5 Å². The van der Waals surface area contributed by atoms with Gasteiger partial charge in [0.2, 0.25) is 0 Å². The Hall–Kier alpha value is -1.22. The van der Waals surface area contributed by atoms with Crippen LogP contribution in [-0.4, -0.2) is 26.2 Å². The van der Waals surface area contributed by atoms with Crippen molar-refractivity contribution < 1.29 is 4.74 Å². The van der Waals surface area contributed by atoms with Crippen LogP contribution in [0, 0.1) is 6.92 Å². The molecule has 0 radical (unpaired) electrons. The summed E-state index contributed by atoms with van der Waals surface area (Å²) in [4.78, 5) is 2.28. The average molecular weight is 192 g/mol. The van der Waals surface area contributed by atoms with E-state index in [0.717, 1.165) is 25.4 Å². The van der Waals surface area contributed by atoms with Crippen LogP contribution in [-0.2, 0) is 0 Å². The Labute approximate surface area is 84.5 Å². The summed E-state index contributed by atoms with van der Waals surface area (Å²) in [5, 5.41) is 0. The summed E-state index contributed by atoms with van der Waals surface area (Å²) in [6.07, 6.45) is 0. The van der Waals surface area contributed by atoms with Gasteiger partial charge in [-0.3, -0.25) is 0 Å². The molecule has 76 valence electrons. The Morgan fingerprint density at radius 2 is 2.36 bits per heavy atom. The van der Waals surface area contributed by atoms with Gasteiger partial charge in [-0.05, 0) is 24.6 Å². The molecule has 0 unspecified atom stereocenters. The molecule has 2 N–H and O–H groups in total. The Kier molecular flexibility index (Phi) is 2.59. The van der Waals surface area contributed by atoms with E-state index in [9.17, 15) is 0 Å². The van der Waals surface area contributed by atoms with Crippen LogP contribution in [0.2, 0.25) is 0 Å². The molecular weight excluding hydrogens is 176 g/mol. The second kappa shape index (κ2) is 3.88. The van der Waals surface area contributed by atoms with Crippen LogP contribution >= 0.6 is 0 Å². The molecule has 1 aromatic carbocycles. The van der Waals surface area contributed by atoms with Crippen molar-refractivity contribution in [2.24, 2.45) is 5.73 Å². The van der Waals surface area contributed by atoms with Crippen molar-refractivity contribution in [2.45, 2.75) is 6.92 Å². The van der Waals surface area contributed by atoms with E-state index in [2.05, 4.69) is 24.0 Å². The third-order valence-electron chi connectivity index (χ3n) is 2.47. The maximum absolute atomic E-state index is 5.57. The zero-order chi connectivity index (χ0) is 9.97. The Balaban J connectivity index is 2.32. The van der Waals surface area contributed by atoms with Crippen LogP contribution in [0.4, 0.5) is 5.69 Å². The lowest BCUT2D eigenvalue weighted by Gasteiger charge is -2.31. The Morgan fingerprint density at radius 1 is 1.50 bits per heavy atom. The zero-order valence-electron chi connectivity index (χ0n) is 8.49. The fraction of sp³-hybridized carbons (Fsp3) is 0.455.